The molecule has 0 fully saturated rings. The molecule has 0 bridgehead atoms. The summed E-state index contributed by atoms with van der Waals surface area (Å²) >= 11 is 0. The predicted octanol–water partition coefficient (Wildman–Crippen LogP) is 2.48. The van der Waals surface area contributed by atoms with Crippen LogP contribution in [0.25, 0.3) is 5.57 Å². The maximum Gasteiger partial charge on any atom is 0.0900 e. The van der Waals surface area contributed by atoms with Gasteiger partial charge in [-0.25, -0.2) is 0 Å². The third kappa shape index (κ3) is 4.44. The Morgan fingerprint density at radius 1 is 1.40 bits per heavy atom. The first kappa shape index (κ1) is 15.2. The summed E-state index contributed by atoms with van der Waals surface area (Å²) in [6, 6.07) is 8.66. The molecule has 3 heteroatoms. The minimum Gasteiger partial charge on any atom is -0.389 e. The van der Waals surface area contributed by atoms with Crippen molar-refractivity contribution in [1.82, 2.24) is 4.90 Å². The summed E-state index contributed by atoms with van der Waals surface area (Å²) in [6.45, 7) is 7.77. The van der Waals surface area contributed by atoms with Crippen LogP contribution in [0.4, 0.5) is 0 Å². The van der Waals surface area contributed by atoms with Crippen LogP contribution < -0.4 is 0 Å². The van der Waals surface area contributed by atoms with Crippen LogP contribution in [-0.2, 0) is 4.74 Å². The summed E-state index contributed by atoms with van der Waals surface area (Å²) in [6.07, 6.45) is 2.94. The molecule has 1 N–H and O–H groups in total. The van der Waals surface area contributed by atoms with E-state index in [2.05, 4.69) is 42.2 Å². The van der Waals surface area contributed by atoms with Crippen molar-refractivity contribution in [2.45, 2.75) is 26.4 Å². The van der Waals surface area contributed by atoms with Crippen LogP contribution in [0.15, 0.2) is 30.3 Å². The fraction of sp³-hybridized carbons (Fsp3) is 0.529. The summed E-state index contributed by atoms with van der Waals surface area (Å²) in [5, 5.41) is 9.86. The number of aliphatic hydroxyl groups excluding tert-OH is 1. The van der Waals surface area contributed by atoms with E-state index in [1.54, 1.807) is 0 Å². The number of aliphatic hydroxyl groups is 1. The highest BCUT2D eigenvalue weighted by Crippen LogP contribution is 2.23. The van der Waals surface area contributed by atoms with Crippen molar-refractivity contribution >= 4 is 5.57 Å². The molecule has 0 aromatic heterocycles. The van der Waals surface area contributed by atoms with Crippen LogP contribution in [0, 0.1) is 6.92 Å². The summed E-state index contributed by atoms with van der Waals surface area (Å²) < 4.78 is 5.25. The van der Waals surface area contributed by atoms with Gasteiger partial charge in [-0.1, -0.05) is 35.9 Å². The van der Waals surface area contributed by atoms with Gasteiger partial charge in [0.25, 0.3) is 0 Å². The first-order chi connectivity index (χ1) is 9.69. The van der Waals surface area contributed by atoms with Gasteiger partial charge in [0, 0.05) is 26.2 Å². The Hall–Kier alpha value is -1.16. The molecule has 1 atom stereocenters. The van der Waals surface area contributed by atoms with E-state index in [4.69, 9.17) is 4.74 Å². The minimum atomic E-state index is -0.385. The van der Waals surface area contributed by atoms with Gasteiger partial charge in [0.15, 0.2) is 0 Å². The number of β-amino-alcohol motifs (C(OH)–C–C–N with tert-alkyl or cyclic N) is 1. The van der Waals surface area contributed by atoms with Gasteiger partial charge in [-0.05, 0) is 31.4 Å². The molecule has 20 heavy (non-hydrogen) atoms. The van der Waals surface area contributed by atoms with Gasteiger partial charge in [-0.3, -0.25) is 4.90 Å². The Bertz CT molecular complexity index is 456. The average Bonchev–Trinajstić information content (AvgIpc) is 2.46. The number of rotatable bonds is 6. The number of aryl methyl sites for hydroxylation is 1. The van der Waals surface area contributed by atoms with Crippen LogP contribution >= 0.6 is 0 Å². The fourth-order valence-corrected chi connectivity index (χ4v) is 2.59. The third-order valence-electron chi connectivity index (χ3n) is 3.67. The van der Waals surface area contributed by atoms with Crippen LogP contribution in [0.2, 0.25) is 0 Å². The molecule has 0 saturated carbocycles. The van der Waals surface area contributed by atoms with E-state index in [0.29, 0.717) is 19.8 Å². The molecule has 1 heterocycles. The van der Waals surface area contributed by atoms with Gasteiger partial charge in [0.1, 0.15) is 0 Å². The van der Waals surface area contributed by atoms with Crippen molar-refractivity contribution in [1.29, 1.82) is 0 Å². The molecule has 0 spiro atoms. The van der Waals surface area contributed by atoms with Crippen molar-refractivity contribution in [3.8, 4) is 0 Å². The summed E-state index contributed by atoms with van der Waals surface area (Å²) in [5.41, 5.74) is 4.06. The smallest absolute Gasteiger partial charge is 0.0900 e. The Kier molecular flexibility index (Phi) is 5.77. The van der Waals surface area contributed by atoms with E-state index >= 15 is 0 Å². The van der Waals surface area contributed by atoms with Crippen LogP contribution in [-0.4, -0.2) is 49.0 Å². The summed E-state index contributed by atoms with van der Waals surface area (Å²) in [7, 11) is 0. The van der Waals surface area contributed by atoms with Crippen LogP contribution in [0.1, 0.15) is 24.5 Å². The largest absolute Gasteiger partial charge is 0.389 e. The number of ether oxygens (including phenoxy) is 1. The van der Waals surface area contributed by atoms with Crippen LogP contribution in [0.3, 0.4) is 0 Å². The molecular weight excluding hydrogens is 250 g/mol. The second-order valence-electron chi connectivity index (χ2n) is 5.42. The van der Waals surface area contributed by atoms with E-state index < -0.39 is 0 Å². The van der Waals surface area contributed by atoms with Gasteiger partial charge in [0.2, 0.25) is 0 Å². The number of hydrogen-bond acceptors (Lipinski definition) is 3. The first-order valence-electron chi connectivity index (χ1n) is 7.43. The molecule has 1 aromatic rings. The van der Waals surface area contributed by atoms with Gasteiger partial charge in [0.05, 0.1) is 12.7 Å². The Morgan fingerprint density at radius 3 is 2.90 bits per heavy atom. The molecule has 1 aliphatic heterocycles. The molecular formula is C17H25NO2. The lowest BCUT2D eigenvalue weighted by Crippen LogP contribution is -2.37. The lowest BCUT2D eigenvalue weighted by atomic mass is 9.98. The van der Waals surface area contributed by atoms with Gasteiger partial charge in [-0.15, -0.1) is 0 Å². The second kappa shape index (κ2) is 7.58. The Labute approximate surface area is 121 Å². The molecule has 1 aliphatic rings. The molecule has 0 amide bonds. The molecule has 3 nitrogen and oxygen atoms in total. The molecule has 110 valence electrons. The lowest BCUT2D eigenvalue weighted by molar-refractivity contribution is 0.0230. The normalized spacial score (nSPS) is 17.9. The van der Waals surface area contributed by atoms with E-state index in [9.17, 15) is 5.11 Å². The maximum absolute atomic E-state index is 9.86. The Morgan fingerprint density at radius 2 is 2.25 bits per heavy atom. The van der Waals surface area contributed by atoms with Crippen molar-refractivity contribution in [2.75, 3.05) is 32.8 Å². The summed E-state index contributed by atoms with van der Waals surface area (Å²) in [4.78, 5) is 2.28. The van der Waals surface area contributed by atoms with E-state index in [0.717, 1.165) is 19.5 Å². The SMILES string of the molecule is CCOCC(O)CN1CC=C(c2cccc(C)c2)CC1. The van der Waals surface area contributed by atoms with Crippen molar-refractivity contribution in [3.05, 3.63) is 41.5 Å². The molecule has 2 rings (SSSR count). The zero-order valence-electron chi connectivity index (χ0n) is 12.5. The maximum atomic E-state index is 9.86. The van der Waals surface area contributed by atoms with Gasteiger partial charge >= 0.3 is 0 Å². The third-order valence-corrected chi connectivity index (χ3v) is 3.67. The number of nitrogens with zero attached hydrogens (tertiary/aromatic N) is 1. The van der Waals surface area contributed by atoms with Crippen LogP contribution in [0.5, 0.6) is 0 Å². The van der Waals surface area contributed by atoms with E-state index in [1.807, 2.05) is 6.92 Å². The topological polar surface area (TPSA) is 32.7 Å². The van der Waals surface area contributed by atoms with Gasteiger partial charge < -0.3 is 9.84 Å². The lowest BCUT2D eigenvalue weighted by Gasteiger charge is -2.28. The minimum absolute atomic E-state index is 0.385. The predicted molar refractivity (Wildman–Crippen MR) is 82.7 cm³/mol. The van der Waals surface area contributed by atoms with Crippen molar-refractivity contribution in [3.63, 3.8) is 0 Å². The zero-order valence-corrected chi connectivity index (χ0v) is 12.5. The van der Waals surface area contributed by atoms with Crippen molar-refractivity contribution in [2.24, 2.45) is 0 Å². The standard InChI is InChI=1S/C17H25NO2/c1-3-20-13-17(19)12-18-9-7-15(8-10-18)16-6-4-5-14(2)11-16/h4-7,11,17,19H,3,8-10,12-13H2,1-2H3. The highest BCUT2D eigenvalue weighted by atomic mass is 16.5. The second-order valence-corrected chi connectivity index (χ2v) is 5.42. The highest BCUT2D eigenvalue weighted by Gasteiger charge is 2.16. The molecule has 0 saturated heterocycles. The number of benzene rings is 1. The molecule has 1 aromatic carbocycles. The average molecular weight is 275 g/mol. The van der Waals surface area contributed by atoms with Gasteiger partial charge in [-0.2, -0.15) is 0 Å². The van der Waals surface area contributed by atoms with E-state index in [1.165, 1.54) is 16.7 Å². The monoisotopic (exact) mass is 275 g/mol. The number of hydrogen-bond donors (Lipinski definition) is 1. The zero-order chi connectivity index (χ0) is 14.4. The molecule has 0 aliphatic carbocycles. The fourth-order valence-electron chi connectivity index (χ4n) is 2.59. The molecule has 1 unspecified atom stereocenters. The quantitative estimate of drug-likeness (QED) is 0.866. The highest BCUT2D eigenvalue weighted by molar-refractivity contribution is 5.67. The van der Waals surface area contributed by atoms with Crippen molar-refractivity contribution < 1.29 is 9.84 Å². The Balaban J connectivity index is 1.87. The molecule has 0 radical (unpaired) electrons. The van der Waals surface area contributed by atoms with E-state index in [-0.39, 0.29) is 6.10 Å². The first-order valence-corrected chi connectivity index (χ1v) is 7.43. The summed E-state index contributed by atoms with van der Waals surface area (Å²) in [5.74, 6) is 0.